The summed E-state index contributed by atoms with van der Waals surface area (Å²) in [5.74, 6) is 0.157. The number of hydrogen-bond donors (Lipinski definition) is 1. The number of carboxylic acids is 1. The summed E-state index contributed by atoms with van der Waals surface area (Å²) in [6.45, 7) is 2.52. The second-order valence-electron chi connectivity index (χ2n) is 5.48. The molecule has 0 spiro atoms. The summed E-state index contributed by atoms with van der Waals surface area (Å²) in [6, 6.07) is 10.5. The number of methoxy groups -OCH3 is 1. The fraction of sp³-hybridized carbons (Fsp3) is 0.316. The summed E-state index contributed by atoms with van der Waals surface area (Å²) in [7, 11) is 1.52. The van der Waals surface area contributed by atoms with E-state index in [1.807, 2.05) is 13.0 Å². The lowest BCUT2D eigenvalue weighted by molar-refractivity contribution is -0.140. The molecule has 5 nitrogen and oxygen atoms in total. The average Bonchev–Trinajstić information content (AvgIpc) is 2.61. The zero-order valence-electron chi connectivity index (χ0n) is 14.5. The Morgan fingerprint density at radius 1 is 1.15 bits per heavy atom. The molecule has 0 bridgehead atoms. The Kier molecular flexibility index (Phi) is 7.57. The highest BCUT2D eigenvalue weighted by Gasteiger charge is 2.20. The first-order valence-electron chi connectivity index (χ1n) is 8.02. The average molecular weight is 399 g/mol. The van der Waals surface area contributed by atoms with Crippen molar-refractivity contribution in [1.29, 1.82) is 0 Å². The van der Waals surface area contributed by atoms with Gasteiger partial charge in [-0.05, 0) is 36.8 Å². The molecule has 0 radical (unpaired) electrons. The van der Waals surface area contributed by atoms with Crippen LogP contribution in [0.5, 0.6) is 11.5 Å². The van der Waals surface area contributed by atoms with E-state index in [9.17, 15) is 4.79 Å². The van der Waals surface area contributed by atoms with Gasteiger partial charge in [0.1, 0.15) is 18.1 Å². The molecule has 0 aliphatic carbocycles. The van der Waals surface area contributed by atoms with E-state index < -0.39 is 12.1 Å². The Morgan fingerprint density at radius 2 is 1.92 bits per heavy atom. The van der Waals surface area contributed by atoms with Crippen LogP contribution in [0.3, 0.4) is 0 Å². The van der Waals surface area contributed by atoms with Crippen LogP contribution >= 0.6 is 23.2 Å². The van der Waals surface area contributed by atoms with Gasteiger partial charge in [-0.15, -0.1) is 0 Å². The van der Waals surface area contributed by atoms with Crippen LogP contribution in [0.15, 0.2) is 36.4 Å². The van der Waals surface area contributed by atoms with E-state index in [2.05, 4.69) is 0 Å². The van der Waals surface area contributed by atoms with Crippen LogP contribution in [0, 0.1) is 0 Å². The third-order valence-electron chi connectivity index (χ3n) is 3.67. The molecule has 0 saturated heterocycles. The molecule has 0 aliphatic rings. The minimum absolute atomic E-state index is 0.145. The number of hydrogen-bond acceptors (Lipinski definition) is 4. The fourth-order valence-corrected chi connectivity index (χ4v) is 2.78. The Labute approximate surface area is 162 Å². The van der Waals surface area contributed by atoms with Gasteiger partial charge in [0.05, 0.1) is 29.7 Å². The van der Waals surface area contributed by atoms with E-state index in [0.717, 1.165) is 5.56 Å². The van der Waals surface area contributed by atoms with Crippen LogP contribution in [0.25, 0.3) is 0 Å². The summed E-state index contributed by atoms with van der Waals surface area (Å²) >= 11 is 11.9. The fourth-order valence-electron chi connectivity index (χ4n) is 2.46. The zero-order valence-corrected chi connectivity index (χ0v) is 16.0. The number of rotatable bonds is 9. The molecule has 0 aliphatic heterocycles. The number of carboxylic acid groups (broad SMARTS) is 1. The molecule has 1 atom stereocenters. The summed E-state index contributed by atoms with van der Waals surface area (Å²) in [5, 5.41) is 10.0. The van der Waals surface area contributed by atoms with Gasteiger partial charge in [-0.1, -0.05) is 29.3 Å². The van der Waals surface area contributed by atoms with Gasteiger partial charge in [0.25, 0.3) is 0 Å². The predicted octanol–water partition coefficient (Wildman–Crippen LogP) is 5.13. The van der Waals surface area contributed by atoms with Crippen molar-refractivity contribution in [2.75, 3.05) is 13.7 Å². The summed E-state index contributed by atoms with van der Waals surface area (Å²) in [5.41, 5.74) is 1.54. The third-order valence-corrected chi connectivity index (χ3v) is 4.41. The van der Waals surface area contributed by atoms with Gasteiger partial charge in [-0.25, -0.2) is 0 Å². The summed E-state index contributed by atoms with van der Waals surface area (Å²) < 4.78 is 16.7. The van der Waals surface area contributed by atoms with Gasteiger partial charge in [0.15, 0.2) is 0 Å². The summed E-state index contributed by atoms with van der Waals surface area (Å²) in [6.07, 6.45) is -0.732. The maximum Gasteiger partial charge on any atom is 0.306 e. The molecular formula is C19H20Cl2O5. The van der Waals surface area contributed by atoms with E-state index in [4.69, 9.17) is 42.5 Å². The normalized spacial score (nSPS) is 11.8. The van der Waals surface area contributed by atoms with E-state index >= 15 is 0 Å². The first-order chi connectivity index (χ1) is 12.4. The van der Waals surface area contributed by atoms with Crippen LogP contribution < -0.4 is 9.47 Å². The highest BCUT2D eigenvalue weighted by Crippen LogP contribution is 2.33. The molecule has 0 saturated carbocycles. The Bertz CT molecular complexity index is 764. The smallest absolute Gasteiger partial charge is 0.306 e. The van der Waals surface area contributed by atoms with Crippen molar-refractivity contribution >= 4 is 29.2 Å². The van der Waals surface area contributed by atoms with Crippen molar-refractivity contribution in [3.05, 3.63) is 57.6 Å². The van der Waals surface area contributed by atoms with Gasteiger partial charge < -0.3 is 19.3 Å². The van der Waals surface area contributed by atoms with E-state index in [-0.39, 0.29) is 6.42 Å². The van der Waals surface area contributed by atoms with Crippen LogP contribution in [0.4, 0.5) is 0 Å². The molecule has 1 N–H and O–H groups in total. The van der Waals surface area contributed by atoms with Crippen molar-refractivity contribution in [1.82, 2.24) is 0 Å². The molecule has 0 aromatic heterocycles. The summed E-state index contributed by atoms with van der Waals surface area (Å²) in [4.78, 5) is 11.1. The van der Waals surface area contributed by atoms with Crippen molar-refractivity contribution in [3.8, 4) is 11.5 Å². The first kappa shape index (κ1) is 20.4. The van der Waals surface area contributed by atoms with Crippen LogP contribution in [-0.2, 0) is 16.1 Å². The standard InChI is InChI=1S/C19H20Cl2O5/c1-3-25-18(10-19(22)23)14-6-5-13(9-17(14)24-2)26-11-12-4-7-15(20)16(21)8-12/h4-9,18H,3,10-11H2,1-2H3,(H,22,23)/t18-/m0/s1. The minimum Gasteiger partial charge on any atom is -0.496 e. The minimum atomic E-state index is -0.939. The number of carbonyl (C=O) groups is 1. The molecule has 0 heterocycles. The van der Waals surface area contributed by atoms with Gasteiger partial charge in [0.2, 0.25) is 0 Å². The van der Waals surface area contributed by atoms with E-state index in [0.29, 0.717) is 40.3 Å². The van der Waals surface area contributed by atoms with Crippen LogP contribution in [0.2, 0.25) is 10.0 Å². The highest BCUT2D eigenvalue weighted by molar-refractivity contribution is 6.42. The van der Waals surface area contributed by atoms with Gasteiger partial charge >= 0.3 is 5.97 Å². The maximum atomic E-state index is 11.1. The highest BCUT2D eigenvalue weighted by atomic mass is 35.5. The van der Waals surface area contributed by atoms with E-state index in [1.165, 1.54) is 7.11 Å². The molecule has 2 aromatic carbocycles. The van der Waals surface area contributed by atoms with Crippen LogP contribution in [-0.4, -0.2) is 24.8 Å². The van der Waals surface area contributed by atoms with E-state index in [1.54, 1.807) is 30.3 Å². The molecule has 2 rings (SSSR count). The first-order valence-corrected chi connectivity index (χ1v) is 8.78. The molecule has 2 aromatic rings. The third kappa shape index (κ3) is 5.53. The Balaban J connectivity index is 2.15. The van der Waals surface area contributed by atoms with Gasteiger partial charge in [0, 0.05) is 18.2 Å². The monoisotopic (exact) mass is 398 g/mol. The number of ether oxygens (including phenoxy) is 3. The lowest BCUT2D eigenvalue weighted by Gasteiger charge is -2.19. The predicted molar refractivity (Wildman–Crippen MR) is 100 cm³/mol. The molecule has 0 amide bonds. The topological polar surface area (TPSA) is 65.0 Å². The zero-order chi connectivity index (χ0) is 19.1. The second-order valence-corrected chi connectivity index (χ2v) is 6.30. The van der Waals surface area contributed by atoms with Crippen LogP contribution in [0.1, 0.15) is 30.6 Å². The maximum absolute atomic E-state index is 11.1. The number of aliphatic carboxylic acids is 1. The molecule has 140 valence electrons. The molecule has 7 heteroatoms. The molecule has 26 heavy (non-hydrogen) atoms. The Hall–Kier alpha value is -1.95. The molecule has 0 unspecified atom stereocenters. The largest absolute Gasteiger partial charge is 0.496 e. The molecular weight excluding hydrogens is 379 g/mol. The van der Waals surface area contributed by atoms with Gasteiger partial charge in [-0.2, -0.15) is 0 Å². The van der Waals surface area contributed by atoms with Crippen molar-refractivity contribution in [2.45, 2.75) is 26.1 Å². The van der Waals surface area contributed by atoms with Crippen molar-refractivity contribution < 1.29 is 24.1 Å². The van der Waals surface area contributed by atoms with Gasteiger partial charge in [-0.3, -0.25) is 4.79 Å². The molecule has 0 fully saturated rings. The number of halogens is 2. The lowest BCUT2D eigenvalue weighted by atomic mass is 10.0. The second kappa shape index (κ2) is 9.67. The quantitative estimate of drug-likeness (QED) is 0.633. The number of benzene rings is 2. The lowest BCUT2D eigenvalue weighted by Crippen LogP contribution is -2.11. The van der Waals surface area contributed by atoms with Crippen molar-refractivity contribution in [2.24, 2.45) is 0 Å². The SMILES string of the molecule is CCO[C@@H](CC(=O)O)c1ccc(OCc2ccc(Cl)c(Cl)c2)cc1OC. The van der Waals surface area contributed by atoms with Crippen molar-refractivity contribution in [3.63, 3.8) is 0 Å². The Morgan fingerprint density at radius 3 is 2.54 bits per heavy atom.